The van der Waals surface area contributed by atoms with E-state index in [-0.39, 0.29) is 0 Å². The molecule has 56 heavy (non-hydrogen) atoms. The molecular weight excluding hydrogens is 683 g/mol. The summed E-state index contributed by atoms with van der Waals surface area (Å²) < 4.78 is 0. The van der Waals surface area contributed by atoms with Crippen LogP contribution in [0.4, 0.5) is 0 Å². The molecule has 3 heterocycles. The van der Waals surface area contributed by atoms with E-state index < -0.39 is 0 Å². The third kappa shape index (κ3) is 6.37. The summed E-state index contributed by atoms with van der Waals surface area (Å²) in [6, 6.07) is 68.7. The fourth-order valence-corrected chi connectivity index (χ4v) is 7.23. The first-order valence-corrected chi connectivity index (χ1v) is 18.7. The summed E-state index contributed by atoms with van der Waals surface area (Å²) in [5, 5.41) is 2.11. The molecule has 0 aliphatic rings. The molecule has 0 N–H and O–H groups in total. The van der Waals surface area contributed by atoms with Gasteiger partial charge in [-0.3, -0.25) is 0 Å². The Hall–Kier alpha value is -7.63. The van der Waals surface area contributed by atoms with Crippen molar-refractivity contribution in [1.29, 1.82) is 0 Å². The maximum absolute atomic E-state index is 5.28. The third-order valence-corrected chi connectivity index (χ3v) is 10.1. The molecule has 0 atom stereocenters. The van der Waals surface area contributed by atoms with Gasteiger partial charge < -0.3 is 0 Å². The average Bonchev–Trinajstić information content (AvgIpc) is 3.29. The van der Waals surface area contributed by atoms with Crippen LogP contribution in [-0.4, -0.2) is 24.9 Å². The predicted octanol–water partition coefficient (Wildman–Crippen LogP) is 12.6. The molecule has 0 fully saturated rings. The van der Waals surface area contributed by atoms with Crippen LogP contribution >= 0.6 is 0 Å². The standard InChI is InChI=1S/C51H33N5/c1-5-13-34(14-6-1)35-21-25-41(26-22-35)50-54-49(40-19-11-4-12-20-40)55-51(56-50)42-27-23-38(24-28-42)45-32-30-39-29-31-43-44(36-15-7-2-8-16-36)33-46(37-17-9-3-10-18-37)53-48(43)47(39)52-45/h1-33H. The normalized spacial score (nSPS) is 11.2. The molecule has 3 aromatic heterocycles. The van der Waals surface area contributed by atoms with Gasteiger partial charge in [-0.25, -0.2) is 24.9 Å². The average molecular weight is 716 g/mol. The van der Waals surface area contributed by atoms with Gasteiger partial charge >= 0.3 is 0 Å². The fourth-order valence-electron chi connectivity index (χ4n) is 7.23. The molecule has 7 aromatic carbocycles. The Morgan fingerprint density at radius 3 is 1.21 bits per heavy atom. The lowest BCUT2D eigenvalue weighted by Crippen LogP contribution is -2.00. The van der Waals surface area contributed by atoms with E-state index in [2.05, 4.69) is 152 Å². The van der Waals surface area contributed by atoms with E-state index in [1.807, 2.05) is 48.5 Å². The molecule has 0 aliphatic carbocycles. The van der Waals surface area contributed by atoms with Crippen molar-refractivity contribution in [3.63, 3.8) is 0 Å². The van der Waals surface area contributed by atoms with Crippen molar-refractivity contribution in [3.05, 3.63) is 200 Å². The first-order valence-electron chi connectivity index (χ1n) is 18.7. The minimum Gasteiger partial charge on any atom is -0.245 e. The number of pyridine rings is 2. The second-order valence-electron chi connectivity index (χ2n) is 13.7. The van der Waals surface area contributed by atoms with Crippen molar-refractivity contribution in [2.75, 3.05) is 0 Å². The van der Waals surface area contributed by atoms with E-state index in [0.29, 0.717) is 17.5 Å². The summed E-state index contributed by atoms with van der Waals surface area (Å²) in [6.45, 7) is 0. The van der Waals surface area contributed by atoms with Gasteiger partial charge in [-0.1, -0.05) is 188 Å². The Morgan fingerprint density at radius 1 is 0.250 bits per heavy atom. The van der Waals surface area contributed by atoms with Gasteiger partial charge in [0.15, 0.2) is 17.5 Å². The van der Waals surface area contributed by atoms with E-state index in [9.17, 15) is 0 Å². The van der Waals surface area contributed by atoms with E-state index in [4.69, 9.17) is 24.9 Å². The minimum absolute atomic E-state index is 0.607. The third-order valence-electron chi connectivity index (χ3n) is 10.1. The molecule has 10 aromatic rings. The molecule has 5 heteroatoms. The van der Waals surface area contributed by atoms with E-state index in [1.165, 1.54) is 5.56 Å². The summed E-state index contributed by atoms with van der Waals surface area (Å²) in [7, 11) is 0. The molecule has 262 valence electrons. The largest absolute Gasteiger partial charge is 0.245 e. The molecule has 0 unspecified atom stereocenters. The van der Waals surface area contributed by atoms with Crippen molar-refractivity contribution < 1.29 is 0 Å². The number of fused-ring (bicyclic) bond motifs is 3. The van der Waals surface area contributed by atoms with Crippen LogP contribution in [-0.2, 0) is 0 Å². The first kappa shape index (κ1) is 33.0. The molecule has 0 radical (unpaired) electrons. The van der Waals surface area contributed by atoms with Crippen molar-refractivity contribution in [3.8, 4) is 78.9 Å². The van der Waals surface area contributed by atoms with Crippen LogP contribution in [0.25, 0.3) is 101 Å². The second kappa shape index (κ2) is 14.3. The molecule has 0 bridgehead atoms. The Morgan fingerprint density at radius 2 is 0.643 bits per heavy atom. The van der Waals surface area contributed by atoms with Gasteiger partial charge in [0.25, 0.3) is 0 Å². The Balaban J connectivity index is 1.05. The summed E-state index contributed by atoms with van der Waals surface area (Å²) in [4.78, 5) is 25.4. The zero-order chi connectivity index (χ0) is 37.3. The van der Waals surface area contributed by atoms with Crippen molar-refractivity contribution >= 4 is 21.8 Å². The zero-order valence-electron chi connectivity index (χ0n) is 30.3. The van der Waals surface area contributed by atoms with Gasteiger partial charge in [0.05, 0.1) is 22.4 Å². The Bertz CT molecular complexity index is 2970. The van der Waals surface area contributed by atoms with Gasteiger partial charge in [0.2, 0.25) is 0 Å². The second-order valence-corrected chi connectivity index (χ2v) is 13.7. The Labute approximate surface area is 324 Å². The number of rotatable bonds is 7. The van der Waals surface area contributed by atoms with E-state index >= 15 is 0 Å². The summed E-state index contributed by atoms with van der Waals surface area (Å²) >= 11 is 0. The molecule has 0 spiro atoms. The van der Waals surface area contributed by atoms with Crippen LogP contribution in [0, 0.1) is 0 Å². The number of hydrogen-bond donors (Lipinski definition) is 0. The van der Waals surface area contributed by atoms with Gasteiger partial charge in [-0.05, 0) is 34.4 Å². The van der Waals surface area contributed by atoms with Gasteiger partial charge in [-0.15, -0.1) is 0 Å². The van der Waals surface area contributed by atoms with Crippen LogP contribution < -0.4 is 0 Å². The molecular formula is C51H33N5. The van der Waals surface area contributed by atoms with Crippen molar-refractivity contribution in [1.82, 2.24) is 24.9 Å². The highest BCUT2D eigenvalue weighted by atomic mass is 15.0. The molecule has 0 saturated carbocycles. The maximum atomic E-state index is 5.28. The highest BCUT2D eigenvalue weighted by Gasteiger charge is 2.16. The van der Waals surface area contributed by atoms with Crippen LogP contribution in [0.1, 0.15) is 0 Å². The fraction of sp³-hybridized carbons (Fsp3) is 0. The lowest BCUT2D eigenvalue weighted by Gasteiger charge is -2.13. The molecule has 0 aliphatic heterocycles. The molecule has 10 rings (SSSR count). The summed E-state index contributed by atoms with van der Waals surface area (Å²) in [6.07, 6.45) is 0. The summed E-state index contributed by atoms with van der Waals surface area (Å²) in [5.74, 6) is 1.86. The lowest BCUT2D eigenvalue weighted by atomic mass is 9.97. The van der Waals surface area contributed by atoms with Crippen molar-refractivity contribution in [2.45, 2.75) is 0 Å². The van der Waals surface area contributed by atoms with Gasteiger partial charge in [0, 0.05) is 38.6 Å². The maximum Gasteiger partial charge on any atom is 0.164 e. The molecule has 0 amide bonds. The zero-order valence-corrected chi connectivity index (χ0v) is 30.3. The first-order chi connectivity index (χ1) is 27.7. The Kier molecular flexibility index (Phi) is 8.43. The van der Waals surface area contributed by atoms with Crippen LogP contribution in [0.5, 0.6) is 0 Å². The number of hydrogen-bond acceptors (Lipinski definition) is 5. The number of benzene rings is 7. The quantitative estimate of drug-likeness (QED) is 0.154. The SMILES string of the molecule is c1ccc(-c2ccc(-c3nc(-c4ccccc4)nc(-c4ccc(-c5ccc6ccc7c(-c8ccccc8)cc(-c8ccccc8)nc7c6n5)cc4)n3)cc2)cc1. The minimum atomic E-state index is 0.607. The van der Waals surface area contributed by atoms with Crippen LogP contribution in [0.3, 0.4) is 0 Å². The smallest absolute Gasteiger partial charge is 0.164 e. The monoisotopic (exact) mass is 715 g/mol. The van der Waals surface area contributed by atoms with Crippen LogP contribution in [0.15, 0.2) is 200 Å². The van der Waals surface area contributed by atoms with E-state index in [1.54, 1.807) is 0 Å². The molecule has 5 nitrogen and oxygen atoms in total. The van der Waals surface area contributed by atoms with Crippen molar-refractivity contribution in [2.24, 2.45) is 0 Å². The van der Waals surface area contributed by atoms with E-state index in [0.717, 1.165) is 77.7 Å². The topological polar surface area (TPSA) is 64.5 Å². The predicted molar refractivity (Wildman–Crippen MR) is 228 cm³/mol. The highest BCUT2D eigenvalue weighted by Crippen LogP contribution is 2.36. The van der Waals surface area contributed by atoms with Crippen LogP contribution in [0.2, 0.25) is 0 Å². The number of nitrogens with zero attached hydrogens (tertiary/aromatic N) is 5. The van der Waals surface area contributed by atoms with Gasteiger partial charge in [0.1, 0.15) is 0 Å². The number of aromatic nitrogens is 5. The highest BCUT2D eigenvalue weighted by molar-refractivity contribution is 6.09. The summed E-state index contributed by atoms with van der Waals surface area (Å²) in [5.41, 5.74) is 12.9. The van der Waals surface area contributed by atoms with Gasteiger partial charge in [-0.2, -0.15) is 0 Å². The lowest BCUT2D eigenvalue weighted by molar-refractivity contribution is 1.07. The molecule has 0 saturated heterocycles.